The first-order valence-corrected chi connectivity index (χ1v) is 8.29. The van der Waals surface area contributed by atoms with Crippen molar-refractivity contribution in [2.45, 2.75) is 18.7 Å². The summed E-state index contributed by atoms with van der Waals surface area (Å²) in [5.74, 6) is -1.53. The summed E-state index contributed by atoms with van der Waals surface area (Å²) in [6.45, 7) is 1.30. The van der Waals surface area contributed by atoms with E-state index in [1.165, 1.54) is 6.92 Å². The van der Waals surface area contributed by atoms with Gasteiger partial charge >= 0.3 is 5.97 Å². The number of carboxylic acid groups (broad SMARTS) is 1. The smallest absolute Gasteiger partial charge is 0.326 e. The first kappa shape index (κ1) is 16.7. The zero-order chi connectivity index (χ0) is 17.0. The third-order valence-corrected chi connectivity index (χ3v) is 4.34. The summed E-state index contributed by atoms with van der Waals surface area (Å²) < 4.78 is 27.3. The number of aromatic nitrogens is 2. The predicted molar refractivity (Wildman–Crippen MR) is 83.5 cm³/mol. The van der Waals surface area contributed by atoms with E-state index in [1.807, 2.05) is 0 Å². The summed E-state index contributed by atoms with van der Waals surface area (Å²) in [4.78, 5) is 26.9. The normalized spacial score (nSPS) is 12.6. The highest BCUT2D eigenvalue weighted by Gasteiger charge is 2.19. The van der Waals surface area contributed by atoms with Crippen LogP contribution in [-0.4, -0.2) is 29.0 Å². The number of anilines is 1. The Morgan fingerprint density at radius 1 is 1.35 bits per heavy atom. The number of aliphatic carboxylic acids is 1. The maximum Gasteiger partial charge on any atom is 0.326 e. The van der Waals surface area contributed by atoms with Gasteiger partial charge in [-0.3, -0.25) is 14.1 Å². The fourth-order valence-electron chi connectivity index (χ4n) is 1.89. The van der Waals surface area contributed by atoms with Crippen molar-refractivity contribution in [2.75, 3.05) is 4.72 Å². The lowest BCUT2D eigenvalue weighted by Gasteiger charge is -2.12. The molecule has 2 rings (SSSR count). The molecule has 0 spiro atoms. The van der Waals surface area contributed by atoms with Gasteiger partial charge in [-0.05, 0) is 12.5 Å². The van der Waals surface area contributed by atoms with Gasteiger partial charge in [0.1, 0.15) is 11.7 Å². The highest BCUT2D eigenvalue weighted by molar-refractivity contribution is 7.91. The van der Waals surface area contributed by atoms with Gasteiger partial charge in [-0.1, -0.05) is 30.3 Å². The molecule has 23 heavy (non-hydrogen) atoms. The van der Waals surface area contributed by atoms with E-state index in [2.05, 4.69) is 9.71 Å². The fourth-order valence-corrected chi connectivity index (χ4v) is 3.07. The van der Waals surface area contributed by atoms with Crippen LogP contribution in [0.25, 0.3) is 0 Å². The maximum absolute atomic E-state index is 12.2. The topological polar surface area (TPSA) is 118 Å². The van der Waals surface area contributed by atoms with Gasteiger partial charge < -0.3 is 5.11 Å². The second kappa shape index (κ2) is 6.61. The van der Waals surface area contributed by atoms with E-state index in [4.69, 9.17) is 5.11 Å². The molecule has 2 aromatic rings. The van der Waals surface area contributed by atoms with E-state index in [0.717, 1.165) is 17.1 Å². The lowest BCUT2D eigenvalue weighted by Crippen LogP contribution is -2.31. The van der Waals surface area contributed by atoms with Crippen LogP contribution < -0.4 is 10.3 Å². The van der Waals surface area contributed by atoms with Gasteiger partial charge in [-0.2, -0.15) is 0 Å². The number of benzene rings is 1. The SMILES string of the molecule is CC(C(=O)O)n1cncc(NS(=O)(=O)Cc2ccccc2)c1=O. The Labute approximate surface area is 132 Å². The Morgan fingerprint density at radius 2 is 2.00 bits per heavy atom. The fraction of sp³-hybridized carbons (Fsp3) is 0.214. The van der Waals surface area contributed by atoms with Gasteiger partial charge in [0.25, 0.3) is 5.56 Å². The quantitative estimate of drug-likeness (QED) is 0.806. The van der Waals surface area contributed by atoms with Crippen LogP contribution in [0.4, 0.5) is 5.69 Å². The second-order valence-electron chi connectivity index (χ2n) is 4.88. The molecule has 1 aromatic heterocycles. The van der Waals surface area contributed by atoms with Crippen LogP contribution >= 0.6 is 0 Å². The lowest BCUT2D eigenvalue weighted by molar-refractivity contribution is -0.140. The van der Waals surface area contributed by atoms with Crippen molar-refractivity contribution in [3.05, 3.63) is 58.8 Å². The zero-order valence-electron chi connectivity index (χ0n) is 12.2. The van der Waals surface area contributed by atoms with E-state index in [-0.39, 0.29) is 11.4 Å². The highest BCUT2D eigenvalue weighted by Crippen LogP contribution is 2.10. The van der Waals surface area contributed by atoms with Gasteiger partial charge in [-0.15, -0.1) is 0 Å². The number of rotatable bonds is 6. The summed E-state index contributed by atoms with van der Waals surface area (Å²) in [5.41, 5.74) is -0.508. The van der Waals surface area contributed by atoms with E-state index < -0.39 is 27.6 Å². The Balaban J connectivity index is 2.28. The molecule has 0 saturated carbocycles. The summed E-state index contributed by atoms with van der Waals surface area (Å²) >= 11 is 0. The van der Waals surface area contributed by atoms with Crippen LogP contribution in [0.15, 0.2) is 47.7 Å². The van der Waals surface area contributed by atoms with Crippen LogP contribution in [0.1, 0.15) is 18.5 Å². The minimum atomic E-state index is -3.82. The molecule has 2 N–H and O–H groups in total. The highest BCUT2D eigenvalue weighted by atomic mass is 32.2. The van der Waals surface area contributed by atoms with Gasteiger partial charge in [-0.25, -0.2) is 18.2 Å². The number of nitrogens with zero attached hydrogens (tertiary/aromatic N) is 2. The van der Waals surface area contributed by atoms with Crippen LogP contribution in [0.2, 0.25) is 0 Å². The van der Waals surface area contributed by atoms with Crippen molar-refractivity contribution in [3.63, 3.8) is 0 Å². The second-order valence-corrected chi connectivity index (χ2v) is 6.60. The van der Waals surface area contributed by atoms with Gasteiger partial charge in [0, 0.05) is 0 Å². The van der Waals surface area contributed by atoms with E-state index >= 15 is 0 Å². The average Bonchev–Trinajstić information content (AvgIpc) is 2.49. The van der Waals surface area contributed by atoms with Crippen LogP contribution in [0.5, 0.6) is 0 Å². The van der Waals surface area contributed by atoms with Crippen molar-refractivity contribution in [2.24, 2.45) is 0 Å². The molecule has 0 bridgehead atoms. The number of hydrogen-bond donors (Lipinski definition) is 2. The van der Waals surface area contributed by atoms with Crippen molar-refractivity contribution < 1.29 is 18.3 Å². The number of carbonyl (C=O) groups is 1. The lowest BCUT2D eigenvalue weighted by atomic mass is 10.2. The molecule has 0 amide bonds. The molecule has 0 aliphatic carbocycles. The largest absolute Gasteiger partial charge is 0.480 e. The standard InChI is InChI=1S/C14H15N3O5S/c1-10(14(19)20)17-9-15-7-12(13(17)18)16-23(21,22)8-11-5-3-2-4-6-11/h2-7,9-10,16H,8H2,1H3,(H,19,20). The Morgan fingerprint density at radius 3 is 2.61 bits per heavy atom. The van der Waals surface area contributed by atoms with E-state index in [9.17, 15) is 18.0 Å². The Bertz CT molecular complexity index is 861. The molecule has 1 heterocycles. The van der Waals surface area contributed by atoms with Gasteiger partial charge in [0.2, 0.25) is 10.0 Å². The molecule has 0 aliphatic heterocycles. The molecule has 8 nitrogen and oxygen atoms in total. The molecule has 122 valence electrons. The third-order valence-electron chi connectivity index (χ3n) is 3.10. The van der Waals surface area contributed by atoms with Crippen LogP contribution in [0.3, 0.4) is 0 Å². The minimum absolute atomic E-state index is 0.295. The summed E-state index contributed by atoms with van der Waals surface area (Å²) in [7, 11) is -3.82. The molecule has 1 unspecified atom stereocenters. The number of sulfonamides is 1. The van der Waals surface area contributed by atoms with E-state index in [1.54, 1.807) is 30.3 Å². The van der Waals surface area contributed by atoms with Crippen molar-refractivity contribution in [1.29, 1.82) is 0 Å². The summed E-state index contributed by atoms with van der Waals surface area (Å²) in [6, 6.07) is 7.30. The number of carboxylic acids is 1. The third kappa shape index (κ3) is 4.16. The Kier molecular flexibility index (Phi) is 4.80. The van der Waals surface area contributed by atoms with Crippen molar-refractivity contribution in [3.8, 4) is 0 Å². The molecule has 0 fully saturated rings. The minimum Gasteiger partial charge on any atom is -0.480 e. The van der Waals surface area contributed by atoms with Gasteiger partial charge in [0.05, 0.1) is 18.3 Å². The van der Waals surface area contributed by atoms with E-state index in [0.29, 0.717) is 5.56 Å². The van der Waals surface area contributed by atoms with Crippen molar-refractivity contribution in [1.82, 2.24) is 9.55 Å². The molecule has 0 aliphatic rings. The molecular formula is C14H15N3O5S. The van der Waals surface area contributed by atoms with Gasteiger partial charge in [0.15, 0.2) is 0 Å². The summed E-state index contributed by atoms with van der Waals surface area (Å²) in [5, 5.41) is 8.95. The van der Waals surface area contributed by atoms with Crippen molar-refractivity contribution >= 4 is 21.7 Å². The molecule has 0 saturated heterocycles. The Hall–Kier alpha value is -2.68. The molecule has 0 radical (unpaired) electrons. The van der Waals surface area contributed by atoms with Crippen LogP contribution in [-0.2, 0) is 20.6 Å². The first-order valence-electron chi connectivity index (χ1n) is 6.63. The molecule has 9 heteroatoms. The number of hydrogen-bond acceptors (Lipinski definition) is 5. The van der Waals surface area contributed by atoms with Crippen LogP contribution in [0, 0.1) is 0 Å². The predicted octanol–water partition coefficient (Wildman–Crippen LogP) is 0.831. The number of nitrogens with one attached hydrogen (secondary N) is 1. The summed E-state index contributed by atoms with van der Waals surface area (Å²) in [6.07, 6.45) is 2.10. The molecular weight excluding hydrogens is 322 g/mol. The maximum atomic E-state index is 12.2. The average molecular weight is 337 g/mol. The molecule has 1 aromatic carbocycles. The first-order chi connectivity index (χ1) is 10.8. The molecule has 1 atom stereocenters. The zero-order valence-corrected chi connectivity index (χ0v) is 13.0. The monoisotopic (exact) mass is 337 g/mol.